The Balaban J connectivity index is 3.05. The fraction of sp³-hybridized carbons (Fsp3) is 0.500. The maximum atomic E-state index is 12.7. The van der Waals surface area contributed by atoms with Gasteiger partial charge in [0, 0.05) is 18.2 Å². The fourth-order valence-electron chi connectivity index (χ4n) is 1.61. The first-order valence-electron chi connectivity index (χ1n) is 5.17. The Morgan fingerprint density at radius 1 is 1.12 bits per heavy atom. The number of ether oxygens (including phenoxy) is 2. The van der Waals surface area contributed by atoms with Crippen LogP contribution in [0.15, 0.2) is 12.1 Å². The molecule has 0 bridgehead atoms. The van der Waals surface area contributed by atoms with Gasteiger partial charge in [-0.05, 0) is 24.5 Å². The average molecular weight is 228 g/mol. The van der Waals surface area contributed by atoms with Gasteiger partial charge in [0.2, 0.25) is 0 Å². The van der Waals surface area contributed by atoms with E-state index < -0.39 is 6.67 Å². The Labute approximate surface area is 94.8 Å². The molecule has 0 unspecified atom stereocenters. The lowest BCUT2D eigenvalue weighted by Gasteiger charge is -2.13. The quantitative estimate of drug-likeness (QED) is 0.810. The van der Waals surface area contributed by atoms with Crippen molar-refractivity contribution in [1.29, 1.82) is 0 Å². The molecule has 0 atom stereocenters. The van der Waals surface area contributed by atoms with Crippen molar-refractivity contribution in [2.45, 2.75) is 19.5 Å². The van der Waals surface area contributed by atoms with E-state index in [9.17, 15) is 4.39 Å². The van der Waals surface area contributed by atoms with Crippen LogP contribution in [0.25, 0.3) is 0 Å². The molecule has 0 aliphatic rings. The monoisotopic (exact) mass is 228 g/mol. The molecule has 0 heterocycles. The number of aryl methyl sites for hydroxylation is 1. The van der Waals surface area contributed by atoms with Gasteiger partial charge in [-0.25, -0.2) is 4.39 Å². The summed E-state index contributed by atoms with van der Waals surface area (Å²) in [7, 11) is 3.06. The Kier molecular flexibility index (Phi) is 5.05. The minimum atomic E-state index is -0.570. The zero-order chi connectivity index (χ0) is 12.0. The summed E-state index contributed by atoms with van der Waals surface area (Å²) in [5, 5.41) is 8.78. The summed E-state index contributed by atoms with van der Waals surface area (Å²) in [6.07, 6.45) is 1.30. The third-order valence-electron chi connectivity index (χ3n) is 2.43. The number of aliphatic hydroxyl groups is 1. The van der Waals surface area contributed by atoms with Crippen LogP contribution in [0.2, 0.25) is 0 Å². The lowest BCUT2D eigenvalue weighted by molar-refractivity contribution is 0.287. The minimum absolute atomic E-state index is 0.111. The lowest BCUT2D eigenvalue weighted by atomic mass is 10.0. The summed E-state index contributed by atoms with van der Waals surface area (Å²) in [5.41, 5.74) is 1.40. The van der Waals surface area contributed by atoms with Gasteiger partial charge in [-0.3, -0.25) is 0 Å². The van der Waals surface area contributed by atoms with Gasteiger partial charge in [-0.1, -0.05) is 0 Å². The molecule has 90 valence electrons. The van der Waals surface area contributed by atoms with Crippen LogP contribution >= 0.6 is 0 Å². The van der Waals surface area contributed by atoms with Crippen LogP contribution in [-0.2, 0) is 13.1 Å². The standard InChI is InChI=1S/C12H17FO3/c1-15-11-7-12(16-2)10(8-13)6-9(11)4-3-5-14/h6-7,14H,3-5,8H2,1-2H3. The van der Waals surface area contributed by atoms with Crippen LogP contribution in [0.1, 0.15) is 17.5 Å². The zero-order valence-corrected chi connectivity index (χ0v) is 9.62. The highest BCUT2D eigenvalue weighted by molar-refractivity contribution is 5.46. The Morgan fingerprint density at radius 3 is 2.25 bits per heavy atom. The molecule has 1 rings (SSSR count). The molecule has 3 nitrogen and oxygen atoms in total. The molecular weight excluding hydrogens is 211 g/mol. The Bertz CT molecular complexity index is 339. The van der Waals surface area contributed by atoms with Gasteiger partial charge in [-0.2, -0.15) is 0 Å². The topological polar surface area (TPSA) is 38.7 Å². The van der Waals surface area contributed by atoms with Gasteiger partial charge in [0.15, 0.2) is 0 Å². The molecule has 0 aromatic heterocycles. The molecule has 0 aliphatic heterocycles. The summed E-state index contributed by atoms with van der Waals surface area (Å²) < 4.78 is 23.0. The number of hydrogen-bond acceptors (Lipinski definition) is 3. The van der Waals surface area contributed by atoms with E-state index in [0.717, 1.165) is 5.56 Å². The Morgan fingerprint density at radius 2 is 1.75 bits per heavy atom. The second-order valence-electron chi connectivity index (χ2n) is 3.44. The van der Waals surface area contributed by atoms with Gasteiger partial charge < -0.3 is 14.6 Å². The van der Waals surface area contributed by atoms with Crippen LogP contribution < -0.4 is 9.47 Å². The van der Waals surface area contributed by atoms with E-state index in [-0.39, 0.29) is 6.61 Å². The molecule has 1 aromatic carbocycles. The van der Waals surface area contributed by atoms with Gasteiger partial charge in [0.05, 0.1) is 14.2 Å². The van der Waals surface area contributed by atoms with Crippen LogP contribution in [0.3, 0.4) is 0 Å². The molecule has 1 aromatic rings. The summed E-state index contributed by atoms with van der Waals surface area (Å²) >= 11 is 0. The number of benzene rings is 1. The molecule has 4 heteroatoms. The molecule has 16 heavy (non-hydrogen) atoms. The first-order chi connectivity index (χ1) is 7.76. The molecule has 0 amide bonds. The van der Waals surface area contributed by atoms with Crippen molar-refractivity contribution in [2.24, 2.45) is 0 Å². The number of halogens is 1. The van der Waals surface area contributed by atoms with E-state index in [1.165, 1.54) is 7.11 Å². The summed E-state index contributed by atoms with van der Waals surface area (Å²) in [4.78, 5) is 0. The molecule has 0 spiro atoms. The van der Waals surface area contributed by atoms with Crippen molar-refractivity contribution in [3.63, 3.8) is 0 Å². The van der Waals surface area contributed by atoms with Crippen molar-refractivity contribution in [3.05, 3.63) is 23.3 Å². The lowest BCUT2D eigenvalue weighted by Crippen LogP contribution is -1.99. The first-order valence-corrected chi connectivity index (χ1v) is 5.17. The van der Waals surface area contributed by atoms with Crippen molar-refractivity contribution in [1.82, 2.24) is 0 Å². The largest absolute Gasteiger partial charge is 0.496 e. The van der Waals surface area contributed by atoms with Crippen LogP contribution in [0.4, 0.5) is 4.39 Å². The summed E-state index contributed by atoms with van der Waals surface area (Å²) in [6, 6.07) is 3.41. The van der Waals surface area contributed by atoms with E-state index >= 15 is 0 Å². The predicted octanol–water partition coefficient (Wildman–Crippen LogP) is 2.10. The third kappa shape index (κ3) is 2.85. The maximum absolute atomic E-state index is 12.7. The molecular formula is C12H17FO3. The van der Waals surface area contributed by atoms with Gasteiger partial charge in [0.1, 0.15) is 18.2 Å². The van der Waals surface area contributed by atoms with Crippen LogP contribution in [-0.4, -0.2) is 25.9 Å². The maximum Gasteiger partial charge on any atom is 0.128 e. The number of rotatable bonds is 6. The Hall–Kier alpha value is -1.29. The molecule has 0 aliphatic carbocycles. The van der Waals surface area contributed by atoms with E-state index in [1.54, 1.807) is 19.2 Å². The van der Waals surface area contributed by atoms with E-state index in [4.69, 9.17) is 14.6 Å². The second kappa shape index (κ2) is 6.33. The molecule has 0 fully saturated rings. The number of aliphatic hydroxyl groups excluding tert-OH is 1. The first kappa shape index (κ1) is 12.8. The molecule has 0 saturated carbocycles. The molecule has 0 saturated heterocycles. The second-order valence-corrected chi connectivity index (χ2v) is 3.44. The zero-order valence-electron chi connectivity index (χ0n) is 9.62. The smallest absolute Gasteiger partial charge is 0.128 e. The molecule has 0 radical (unpaired) electrons. The predicted molar refractivity (Wildman–Crippen MR) is 59.8 cm³/mol. The summed E-state index contributed by atoms with van der Waals surface area (Å²) in [5.74, 6) is 1.16. The molecule has 1 N–H and O–H groups in total. The third-order valence-corrected chi connectivity index (χ3v) is 2.43. The van der Waals surface area contributed by atoms with E-state index in [1.807, 2.05) is 0 Å². The van der Waals surface area contributed by atoms with Crippen LogP contribution in [0, 0.1) is 0 Å². The van der Waals surface area contributed by atoms with Crippen molar-refractivity contribution < 1.29 is 19.0 Å². The number of methoxy groups -OCH3 is 2. The highest BCUT2D eigenvalue weighted by atomic mass is 19.1. The van der Waals surface area contributed by atoms with Gasteiger partial charge >= 0.3 is 0 Å². The normalized spacial score (nSPS) is 10.2. The summed E-state index contributed by atoms with van der Waals surface area (Å²) in [6.45, 7) is -0.459. The average Bonchev–Trinajstić information content (AvgIpc) is 2.35. The fourth-order valence-corrected chi connectivity index (χ4v) is 1.61. The highest BCUT2D eigenvalue weighted by Gasteiger charge is 2.10. The number of alkyl halides is 1. The van der Waals surface area contributed by atoms with Crippen molar-refractivity contribution in [3.8, 4) is 11.5 Å². The van der Waals surface area contributed by atoms with E-state index in [0.29, 0.717) is 29.9 Å². The van der Waals surface area contributed by atoms with Crippen LogP contribution in [0.5, 0.6) is 11.5 Å². The minimum Gasteiger partial charge on any atom is -0.496 e. The van der Waals surface area contributed by atoms with Gasteiger partial charge in [0.25, 0.3) is 0 Å². The SMILES string of the molecule is COc1cc(OC)c(CCCO)cc1CF. The van der Waals surface area contributed by atoms with E-state index in [2.05, 4.69) is 0 Å². The van der Waals surface area contributed by atoms with Gasteiger partial charge in [-0.15, -0.1) is 0 Å². The number of hydrogen-bond donors (Lipinski definition) is 1. The van der Waals surface area contributed by atoms with Crippen molar-refractivity contribution >= 4 is 0 Å². The highest BCUT2D eigenvalue weighted by Crippen LogP contribution is 2.30. The van der Waals surface area contributed by atoms with Crippen molar-refractivity contribution in [2.75, 3.05) is 20.8 Å².